The monoisotopic (exact) mass is 544 g/mol. The number of aromatic nitrogens is 2. The van der Waals surface area contributed by atoms with E-state index in [-0.39, 0.29) is 12.5 Å². The first-order chi connectivity index (χ1) is 19.4. The van der Waals surface area contributed by atoms with Gasteiger partial charge in [-0.05, 0) is 60.2 Å². The minimum atomic E-state index is -1.21. The van der Waals surface area contributed by atoms with Crippen molar-refractivity contribution in [3.8, 4) is 17.2 Å². The number of hydrogen-bond acceptors (Lipinski definition) is 5. The van der Waals surface area contributed by atoms with Crippen molar-refractivity contribution in [3.63, 3.8) is 0 Å². The van der Waals surface area contributed by atoms with Crippen LogP contribution in [-0.4, -0.2) is 27.0 Å². The number of hydrogen-bond donors (Lipinski definition) is 1. The maximum Gasteiger partial charge on any atom is 0.349 e. The van der Waals surface area contributed by atoms with Gasteiger partial charge in [0.25, 0.3) is 0 Å². The third kappa shape index (κ3) is 5.30. The lowest BCUT2D eigenvalue weighted by Crippen LogP contribution is -2.25. The second-order valence-electron chi connectivity index (χ2n) is 10.2. The van der Waals surface area contributed by atoms with Crippen molar-refractivity contribution >= 4 is 17.0 Å². The quantitative estimate of drug-likeness (QED) is 0.232. The molecule has 1 aromatic heterocycles. The molecule has 1 aliphatic heterocycles. The van der Waals surface area contributed by atoms with Crippen LogP contribution >= 0.6 is 0 Å². The van der Waals surface area contributed by atoms with Crippen LogP contribution in [0.5, 0.6) is 17.2 Å². The highest BCUT2D eigenvalue weighted by atomic mass is 16.7. The molecule has 0 amide bonds. The summed E-state index contributed by atoms with van der Waals surface area (Å²) in [6, 6.07) is 17.1. The number of carboxylic acids is 1. The van der Waals surface area contributed by atoms with E-state index in [4.69, 9.17) is 14.2 Å². The highest BCUT2D eigenvalue weighted by Gasteiger charge is 2.27. The van der Waals surface area contributed by atoms with Crippen molar-refractivity contribution in [2.24, 2.45) is 0 Å². The standard InChI is InChI=1S/C32H36N2O6/c1-4-9-22-16-21(19-34-26-12-8-7-11-25(26)33(15-6-3)32(34)37)17-23(10-5-2)29(22)40-30(31(35)36)24-13-14-27-28(18-24)39-20-38-27/h7-8,11-14,16-18,30H,4-6,9-10,15,19-20H2,1-3H3,(H,35,36). The zero-order valence-electron chi connectivity index (χ0n) is 23.3. The van der Waals surface area contributed by atoms with Gasteiger partial charge in [-0.2, -0.15) is 0 Å². The Bertz CT molecular complexity index is 1560. The maximum atomic E-state index is 13.4. The summed E-state index contributed by atoms with van der Waals surface area (Å²) >= 11 is 0. The second-order valence-corrected chi connectivity index (χ2v) is 10.2. The summed E-state index contributed by atoms with van der Waals surface area (Å²) in [6.07, 6.45) is 2.84. The number of fused-ring (bicyclic) bond motifs is 2. The molecule has 5 rings (SSSR count). The molecule has 40 heavy (non-hydrogen) atoms. The summed E-state index contributed by atoms with van der Waals surface area (Å²) in [7, 11) is 0. The Balaban J connectivity index is 1.56. The third-order valence-corrected chi connectivity index (χ3v) is 7.21. The zero-order valence-corrected chi connectivity index (χ0v) is 23.3. The van der Waals surface area contributed by atoms with E-state index in [1.54, 1.807) is 18.2 Å². The van der Waals surface area contributed by atoms with Crippen molar-refractivity contribution in [1.82, 2.24) is 9.13 Å². The van der Waals surface area contributed by atoms with Gasteiger partial charge in [0.15, 0.2) is 11.5 Å². The lowest BCUT2D eigenvalue weighted by molar-refractivity contribution is -0.145. The summed E-state index contributed by atoms with van der Waals surface area (Å²) in [4.78, 5) is 25.9. The molecule has 1 atom stereocenters. The topological polar surface area (TPSA) is 91.9 Å². The van der Waals surface area contributed by atoms with Crippen LogP contribution < -0.4 is 19.9 Å². The molecule has 0 saturated heterocycles. The molecule has 0 spiro atoms. The first-order valence-electron chi connectivity index (χ1n) is 14.1. The molecule has 0 bridgehead atoms. The first-order valence-corrected chi connectivity index (χ1v) is 14.1. The molecule has 0 fully saturated rings. The molecule has 2 heterocycles. The number of nitrogens with zero attached hydrogens (tertiary/aromatic N) is 2. The summed E-state index contributed by atoms with van der Waals surface area (Å²) in [5.41, 5.74) is 5.19. The number of ether oxygens (including phenoxy) is 3. The van der Waals surface area contributed by atoms with Crippen LogP contribution in [0, 0.1) is 0 Å². The number of imidazole rings is 1. The fraction of sp³-hybridized carbons (Fsp3) is 0.375. The number of benzene rings is 3. The Kier molecular flexibility index (Phi) is 8.14. The molecule has 3 aromatic carbocycles. The van der Waals surface area contributed by atoms with E-state index < -0.39 is 12.1 Å². The van der Waals surface area contributed by atoms with Crippen molar-refractivity contribution in [1.29, 1.82) is 0 Å². The molecule has 1 N–H and O–H groups in total. The van der Waals surface area contributed by atoms with Crippen molar-refractivity contribution < 1.29 is 24.1 Å². The van der Waals surface area contributed by atoms with Crippen LogP contribution in [0.25, 0.3) is 11.0 Å². The SMILES string of the molecule is CCCc1cc(Cn2c(=O)n(CCC)c3ccccc32)cc(CCC)c1OC(C(=O)O)c1ccc2c(c1)OCO2. The van der Waals surface area contributed by atoms with E-state index in [2.05, 4.69) is 32.9 Å². The van der Waals surface area contributed by atoms with E-state index >= 15 is 0 Å². The van der Waals surface area contributed by atoms with Crippen LogP contribution in [0.3, 0.4) is 0 Å². The Morgan fingerprint density at radius 2 is 1.55 bits per heavy atom. The molecule has 1 unspecified atom stereocenters. The smallest absolute Gasteiger partial charge is 0.349 e. The minimum absolute atomic E-state index is 0.0220. The molecule has 0 aliphatic carbocycles. The van der Waals surface area contributed by atoms with Gasteiger partial charge in [-0.1, -0.05) is 63.9 Å². The van der Waals surface area contributed by atoms with Crippen LogP contribution in [-0.2, 0) is 30.7 Å². The summed E-state index contributed by atoms with van der Waals surface area (Å²) in [6.45, 7) is 7.45. The average molecular weight is 545 g/mol. The number of carbonyl (C=O) groups is 1. The van der Waals surface area contributed by atoms with Crippen molar-refractivity contribution in [2.75, 3.05) is 6.79 Å². The van der Waals surface area contributed by atoms with Gasteiger partial charge >= 0.3 is 11.7 Å². The number of rotatable bonds is 12. The molecule has 1 aliphatic rings. The highest BCUT2D eigenvalue weighted by Crippen LogP contribution is 2.37. The first kappa shape index (κ1) is 27.4. The normalized spacial score (nSPS) is 13.1. The predicted octanol–water partition coefficient (Wildman–Crippen LogP) is 6.10. The largest absolute Gasteiger partial charge is 0.478 e. The molecular formula is C32H36N2O6. The van der Waals surface area contributed by atoms with Crippen LogP contribution in [0.4, 0.5) is 0 Å². The lowest BCUT2D eigenvalue weighted by Gasteiger charge is -2.22. The van der Waals surface area contributed by atoms with Crippen molar-refractivity contribution in [3.05, 3.63) is 87.3 Å². The molecular weight excluding hydrogens is 508 g/mol. The van der Waals surface area contributed by atoms with Crippen LogP contribution in [0.2, 0.25) is 0 Å². The summed E-state index contributed by atoms with van der Waals surface area (Å²) < 4.78 is 20.9. The van der Waals surface area contributed by atoms with Gasteiger partial charge in [-0.25, -0.2) is 9.59 Å². The molecule has 0 saturated carbocycles. The summed E-state index contributed by atoms with van der Waals surface area (Å²) in [5, 5.41) is 10.2. The van der Waals surface area contributed by atoms with Gasteiger partial charge in [-0.3, -0.25) is 9.13 Å². The number of para-hydroxylation sites is 2. The maximum absolute atomic E-state index is 13.4. The molecule has 8 heteroatoms. The van der Waals surface area contributed by atoms with Gasteiger partial charge in [-0.15, -0.1) is 0 Å². The molecule has 210 valence electrons. The van der Waals surface area contributed by atoms with Gasteiger partial charge in [0.2, 0.25) is 12.9 Å². The zero-order chi connectivity index (χ0) is 28.2. The average Bonchev–Trinajstić information content (AvgIpc) is 3.51. The Labute approximate surface area is 233 Å². The molecule has 0 radical (unpaired) electrons. The van der Waals surface area contributed by atoms with Gasteiger partial charge in [0.1, 0.15) is 5.75 Å². The van der Waals surface area contributed by atoms with E-state index in [1.807, 2.05) is 33.4 Å². The van der Waals surface area contributed by atoms with Crippen LogP contribution in [0.15, 0.2) is 59.4 Å². The van der Waals surface area contributed by atoms with Crippen LogP contribution in [0.1, 0.15) is 68.4 Å². The fourth-order valence-electron chi connectivity index (χ4n) is 5.48. The highest BCUT2D eigenvalue weighted by molar-refractivity contribution is 5.76. The van der Waals surface area contributed by atoms with E-state index in [9.17, 15) is 14.7 Å². The lowest BCUT2D eigenvalue weighted by atomic mass is 9.97. The second kappa shape index (κ2) is 11.9. The minimum Gasteiger partial charge on any atom is -0.478 e. The number of aryl methyl sites for hydroxylation is 3. The van der Waals surface area contributed by atoms with E-state index in [0.717, 1.165) is 59.8 Å². The molecule has 8 nitrogen and oxygen atoms in total. The van der Waals surface area contributed by atoms with Gasteiger partial charge < -0.3 is 19.3 Å². The van der Waals surface area contributed by atoms with Gasteiger partial charge in [0, 0.05) is 12.1 Å². The fourth-order valence-corrected chi connectivity index (χ4v) is 5.48. The molecule has 4 aromatic rings. The predicted molar refractivity (Wildman–Crippen MR) is 154 cm³/mol. The van der Waals surface area contributed by atoms with Gasteiger partial charge in [0.05, 0.1) is 17.6 Å². The Morgan fingerprint density at radius 3 is 2.17 bits per heavy atom. The van der Waals surface area contributed by atoms with E-state index in [0.29, 0.717) is 35.9 Å². The Hall–Kier alpha value is -4.20. The number of aliphatic carboxylic acids is 1. The third-order valence-electron chi connectivity index (χ3n) is 7.21. The summed E-state index contributed by atoms with van der Waals surface area (Å²) in [5.74, 6) is 0.630. The number of carboxylic acid groups (broad SMARTS) is 1. The van der Waals surface area contributed by atoms with Crippen molar-refractivity contribution in [2.45, 2.75) is 72.1 Å². The van der Waals surface area contributed by atoms with E-state index in [1.165, 1.54) is 0 Å². The Morgan fingerprint density at radius 1 is 0.900 bits per heavy atom.